The Morgan fingerprint density at radius 3 is 2.22 bits per heavy atom. The molecule has 0 saturated carbocycles. The number of nitrogens with two attached hydrogens (primary N) is 1. The molecule has 0 saturated heterocycles. The molecule has 0 bridgehead atoms. The fraction of sp³-hybridized carbons (Fsp3) is 0.118. The minimum absolute atomic E-state index is 0.0591. The van der Waals surface area contributed by atoms with Crippen LogP contribution >= 0.6 is 0 Å². The molecule has 0 aliphatic heterocycles. The van der Waals surface area contributed by atoms with Crippen LogP contribution in [0.1, 0.15) is 17.7 Å². The zero-order valence-corrected chi connectivity index (χ0v) is 14.5. The first-order valence-electron chi connectivity index (χ1n) is 7.46. The van der Waals surface area contributed by atoms with Gasteiger partial charge >= 0.3 is 0 Å². The van der Waals surface area contributed by atoms with Crippen molar-refractivity contribution in [3.63, 3.8) is 0 Å². The van der Waals surface area contributed by atoms with Gasteiger partial charge in [0.05, 0.1) is 5.56 Å². The van der Waals surface area contributed by atoms with Gasteiger partial charge in [-0.3, -0.25) is 0 Å². The van der Waals surface area contributed by atoms with E-state index < -0.39 is 38.7 Å². The molecule has 142 valence electrons. The van der Waals surface area contributed by atoms with Crippen LogP contribution in [0.3, 0.4) is 0 Å². The standard InChI is InChI=1S/C17H12F4N2O3S/c1-8-3-2-4-9(5-8)14-13(15(17(20)21)26-23-14)10-6-11(18)16(12(19)7-10)27(22,24)25/h2-7,17H,1H3,(H2,22,24,25). The van der Waals surface area contributed by atoms with Gasteiger partial charge in [-0.2, -0.15) is 0 Å². The number of rotatable bonds is 4. The second-order valence-corrected chi connectivity index (χ2v) is 7.25. The van der Waals surface area contributed by atoms with Crippen LogP contribution in [0, 0.1) is 18.6 Å². The maximum atomic E-state index is 14.2. The van der Waals surface area contributed by atoms with E-state index in [4.69, 9.17) is 9.66 Å². The van der Waals surface area contributed by atoms with Gasteiger partial charge in [0.1, 0.15) is 17.3 Å². The van der Waals surface area contributed by atoms with E-state index in [1.165, 1.54) is 0 Å². The zero-order valence-electron chi connectivity index (χ0n) is 13.7. The Hall–Kier alpha value is -2.72. The number of aryl methyl sites for hydroxylation is 1. The van der Waals surface area contributed by atoms with Crippen molar-refractivity contribution in [1.82, 2.24) is 5.16 Å². The normalized spacial score (nSPS) is 12.0. The number of benzene rings is 2. The van der Waals surface area contributed by atoms with Crippen molar-refractivity contribution in [3.8, 4) is 22.4 Å². The van der Waals surface area contributed by atoms with Crippen molar-refractivity contribution < 1.29 is 30.5 Å². The van der Waals surface area contributed by atoms with E-state index in [1.807, 2.05) is 0 Å². The van der Waals surface area contributed by atoms with Gasteiger partial charge in [-0.1, -0.05) is 28.9 Å². The Morgan fingerprint density at radius 2 is 1.70 bits per heavy atom. The Kier molecular flexibility index (Phi) is 4.79. The largest absolute Gasteiger partial charge is 0.354 e. The molecule has 0 spiro atoms. The van der Waals surface area contributed by atoms with Gasteiger partial charge in [0.25, 0.3) is 6.43 Å². The van der Waals surface area contributed by atoms with Gasteiger partial charge in [0, 0.05) is 5.56 Å². The molecule has 0 unspecified atom stereocenters. The summed E-state index contributed by atoms with van der Waals surface area (Å²) in [5.74, 6) is -3.91. The Labute approximate surface area is 151 Å². The summed E-state index contributed by atoms with van der Waals surface area (Å²) in [7, 11) is -4.68. The predicted molar refractivity (Wildman–Crippen MR) is 88.4 cm³/mol. The molecule has 0 amide bonds. The van der Waals surface area contributed by atoms with Crippen LogP contribution in [-0.2, 0) is 10.0 Å². The first-order valence-corrected chi connectivity index (χ1v) is 9.01. The molecular weight excluding hydrogens is 388 g/mol. The van der Waals surface area contributed by atoms with Gasteiger partial charge in [-0.25, -0.2) is 31.1 Å². The number of primary sulfonamides is 1. The van der Waals surface area contributed by atoms with Crippen LogP contribution in [0.4, 0.5) is 17.6 Å². The first kappa shape index (κ1) is 19.1. The van der Waals surface area contributed by atoms with Crippen LogP contribution in [0.5, 0.6) is 0 Å². The molecule has 3 aromatic rings. The van der Waals surface area contributed by atoms with Crippen molar-refractivity contribution in [2.75, 3.05) is 0 Å². The maximum absolute atomic E-state index is 14.2. The summed E-state index contributed by atoms with van der Waals surface area (Å²) in [4.78, 5) is -1.35. The highest BCUT2D eigenvalue weighted by Gasteiger charge is 2.29. The topological polar surface area (TPSA) is 86.2 Å². The third kappa shape index (κ3) is 3.58. The van der Waals surface area contributed by atoms with Crippen molar-refractivity contribution in [3.05, 3.63) is 59.4 Å². The van der Waals surface area contributed by atoms with Crippen molar-refractivity contribution in [2.24, 2.45) is 5.14 Å². The van der Waals surface area contributed by atoms with E-state index in [1.54, 1.807) is 31.2 Å². The molecule has 1 heterocycles. The molecule has 27 heavy (non-hydrogen) atoms. The Bertz CT molecular complexity index is 1100. The van der Waals surface area contributed by atoms with Gasteiger partial charge in [-0.05, 0) is 30.7 Å². The van der Waals surface area contributed by atoms with Crippen LogP contribution in [0.25, 0.3) is 22.4 Å². The van der Waals surface area contributed by atoms with E-state index in [9.17, 15) is 26.0 Å². The second kappa shape index (κ2) is 6.78. The maximum Gasteiger partial charge on any atom is 0.298 e. The lowest BCUT2D eigenvalue weighted by molar-refractivity contribution is 0.113. The van der Waals surface area contributed by atoms with E-state index >= 15 is 0 Å². The molecule has 2 N–H and O–H groups in total. The fourth-order valence-electron chi connectivity index (χ4n) is 2.70. The summed E-state index contributed by atoms with van der Waals surface area (Å²) in [6.45, 7) is 1.76. The first-order chi connectivity index (χ1) is 12.6. The number of halogens is 4. The molecule has 10 heteroatoms. The summed E-state index contributed by atoms with van der Waals surface area (Å²) in [5.41, 5.74) is 0.426. The summed E-state index contributed by atoms with van der Waals surface area (Å²) in [5, 5.41) is 8.40. The highest BCUT2D eigenvalue weighted by atomic mass is 32.2. The van der Waals surface area contributed by atoms with E-state index in [0.717, 1.165) is 5.56 Å². The summed E-state index contributed by atoms with van der Waals surface area (Å²) < 4.78 is 82.4. The number of hydrogen-bond donors (Lipinski definition) is 1. The molecule has 2 aromatic carbocycles. The second-order valence-electron chi connectivity index (χ2n) is 5.75. The number of nitrogens with zero attached hydrogens (tertiary/aromatic N) is 1. The smallest absolute Gasteiger partial charge is 0.298 e. The van der Waals surface area contributed by atoms with E-state index in [-0.39, 0.29) is 16.8 Å². The molecule has 0 aliphatic carbocycles. The molecule has 1 aromatic heterocycles. The van der Waals surface area contributed by atoms with Crippen molar-refractivity contribution >= 4 is 10.0 Å². The van der Waals surface area contributed by atoms with Crippen LogP contribution in [0.2, 0.25) is 0 Å². The molecule has 0 fully saturated rings. The summed E-state index contributed by atoms with van der Waals surface area (Å²) in [6.07, 6.45) is -3.12. The van der Waals surface area contributed by atoms with Crippen LogP contribution in [0.15, 0.2) is 45.8 Å². The highest BCUT2D eigenvalue weighted by Crippen LogP contribution is 2.40. The molecule has 0 aliphatic rings. The van der Waals surface area contributed by atoms with Gasteiger partial charge in [-0.15, -0.1) is 0 Å². The molecule has 0 radical (unpaired) electrons. The van der Waals surface area contributed by atoms with Crippen molar-refractivity contribution in [1.29, 1.82) is 0 Å². The quantitative estimate of drug-likeness (QED) is 0.666. The average molecular weight is 400 g/mol. The minimum atomic E-state index is -4.68. The fourth-order valence-corrected chi connectivity index (χ4v) is 3.36. The van der Waals surface area contributed by atoms with Crippen LogP contribution < -0.4 is 5.14 Å². The lowest BCUT2D eigenvalue weighted by Gasteiger charge is -2.08. The number of sulfonamides is 1. The third-order valence-electron chi connectivity index (χ3n) is 3.78. The molecule has 0 atom stereocenters. The van der Waals surface area contributed by atoms with E-state index in [0.29, 0.717) is 17.7 Å². The SMILES string of the molecule is Cc1cccc(-c2noc(C(F)F)c2-c2cc(F)c(S(N)(=O)=O)c(F)c2)c1. The van der Waals surface area contributed by atoms with Crippen LogP contribution in [-0.4, -0.2) is 13.6 Å². The molecule has 3 rings (SSSR count). The zero-order chi connectivity index (χ0) is 19.9. The minimum Gasteiger partial charge on any atom is -0.354 e. The number of aromatic nitrogens is 1. The summed E-state index contributed by atoms with van der Waals surface area (Å²) >= 11 is 0. The number of alkyl halides is 2. The number of hydrogen-bond acceptors (Lipinski definition) is 4. The highest BCUT2D eigenvalue weighted by molar-refractivity contribution is 7.89. The lowest BCUT2D eigenvalue weighted by atomic mass is 9.98. The monoisotopic (exact) mass is 400 g/mol. The average Bonchev–Trinajstić information content (AvgIpc) is 2.98. The molecular formula is C17H12F4N2O3S. The lowest BCUT2D eigenvalue weighted by Crippen LogP contribution is -2.16. The van der Waals surface area contributed by atoms with Gasteiger partial charge < -0.3 is 4.52 Å². The van der Waals surface area contributed by atoms with Gasteiger partial charge in [0.15, 0.2) is 4.90 Å². The van der Waals surface area contributed by atoms with Gasteiger partial charge in [0.2, 0.25) is 15.8 Å². The molecule has 5 nitrogen and oxygen atoms in total. The third-order valence-corrected chi connectivity index (χ3v) is 4.74. The Balaban J connectivity index is 2.30. The summed E-state index contributed by atoms with van der Waals surface area (Å²) in [6, 6.07) is 7.80. The van der Waals surface area contributed by atoms with E-state index in [2.05, 4.69) is 5.16 Å². The predicted octanol–water partition coefficient (Wildman–Crippen LogP) is 4.18. The Morgan fingerprint density at radius 1 is 1.07 bits per heavy atom. The van der Waals surface area contributed by atoms with Crippen molar-refractivity contribution in [2.45, 2.75) is 18.2 Å².